The zero-order valence-corrected chi connectivity index (χ0v) is 18.9. The van der Waals surface area contributed by atoms with Crippen molar-refractivity contribution < 1.29 is 9.47 Å². The van der Waals surface area contributed by atoms with Crippen LogP contribution in [0, 0.1) is 6.92 Å². The van der Waals surface area contributed by atoms with Crippen molar-refractivity contribution in [3.8, 4) is 23.1 Å². The predicted molar refractivity (Wildman–Crippen MR) is 125 cm³/mol. The maximum atomic E-state index is 5.97. The van der Waals surface area contributed by atoms with Crippen molar-refractivity contribution >= 4 is 5.82 Å². The molecular weight excluding hydrogens is 418 g/mol. The first kappa shape index (κ1) is 21.1. The molecule has 170 valence electrons. The molecule has 3 aromatic heterocycles. The highest BCUT2D eigenvalue weighted by Crippen LogP contribution is 2.23. The lowest BCUT2D eigenvalue weighted by atomic mass is 10.1. The quantitative estimate of drug-likeness (QED) is 0.433. The lowest BCUT2D eigenvalue weighted by Gasteiger charge is -2.28. The predicted octanol–water partition coefficient (Wildman–Crippen LogP) is 2.83. The molecule has 1 aromatic carbocycles. The van der Waals surface area contributed by atoms with E-state index in [9.17, 15) is 0 Å². The summed E-state index contributed by atoms with van der Waals surface area (Å²) in [5.41, 5.74) is 4.25. The molecule has 0 aliphatic carbocycles. The van der Waals surface area contributed by atoms with Crippen molar-refractivity contribution in [2.45, 2.75) is 13.3 Å². The second kappa shape index (κ2) is 9.41. The molecule has 0 N–H and O–H groups in total. The Hall–Kier alpha value is -3.72. The number of hydrogen-bond donors (Lipinski definition) is 0. The van der Waals surface area contributed by atoms with Gasteiger partial charge in [-0.05, 0) is 25.1 Å². The third kappa shape index (κ3) is 4.88. The summed E-state index contributed by atoms with van der Waals surface area (Å²) >= 11 is 0. The third-order valence-corrected chi connectivity index (χ3v) is 5.66. The van der Waals surface area contributed by atoms with Crippen LogP contribution in [0.4, 0.5) is 5.82 Å². The number of benzene rings is 1. The zero-order chi connectivity index (χ0) is 22.6. The van der Waals surface area contributed by atoms with Crippen molar-refractivity contribution in [3.05, 3.63) is 66.1 Å². The van der Waals surface area contributed by atoms with Gasteiger partial charge in [0.05, 0.1) is 25.5 Å². The number of ether oxygens (including phenoxy) is 2. The Bertz CT molecular complexity index is 1230. The normalized spacial score (nSPS) is 13.9. The molecule has 0 spiro atoms. The zero-order valence-electron chi connectivity index (χ0n) is 18.9. The van der Waals surface area contributed by atoms with Crippen LogP contribution in [0.2, 0.25) is 0 Å². The maximum Gasteiger partial charge on any atom is 0.320 e. The van der Waals surface area contributed by atoms with Gasteiger partial charge in [-0.15, -0.1) is 0 Å². The van der Waals surface area contributed by atoms with Gasteiger partial charge in [0.15, 0.2) is 5.82 Å². The molecule has 5 rings (SSSR count). The molecule has 1 saturated heterocycles. The topological polar surface area (TPSA) is 83.1 Å². The lowest BCUT2D eigenvalue weighted by Crippen LogP contribution is -2.37. The fraction of sp³-hybridized carbons (Fsp3) is 0.333. The van der Waals surface area contributed by atoms with Gasteiger partial charge in [-0.2, -0.15) is 20.2 Å². The molecule has 4 aromatic rings. The molecule has 1 aliphatic rings. The summed E-state index contributed by atoms with van der Waals surface area (Å²) in [4.78, 5) is 11.5. The fourth-order valence-corrected chi connectivity index (χ4v) is 3.84. The van der Waals surface area contributed by atoms with E-state index in [2.05, 4.69) is 45.1 Å². The highest BCUT2D eigenvalue weighted by Gasteiger charge is 2.17. The lowest BCUT2D eigenvalue weighted by molar-refractivity contribution is 0.122. The average molecular weight is 446 g/mol. The number of morpholine rings is 1. The standard InChI is InChI=1S/C24H27N7O2/c1-18-4-3-5-19(16-18)21-7-10-31(28-21)23-17-22(30-11-14-32-15-12-30)26-24(27-23)33-13-8-20-6-9-25-29(20)2/h3-7,9-10,16-17H,8,11-15H2,1-2H3. The van der Waals surface area contributed by atoms with Crippen LogP contribution < -0.4 is 9.64 Å². The molecule has 0 unspecified atom stereocenters. The number of rotatable bonds is 7. The second-order valence-electron chi connectivity index (χ2n) is 8.03. The van der Waals surface area contributed by atoms with Gasteiger partial charge >= 0.3 is 6.01 Å². The molecule has 9 nitrogen and oxygen atoms in total. The van der Waals surface area contributed by atoms with Crippen LogP contribution in [0.5, 0.6) is 6.01 Å². The summed E-state index contributed by atoms with van der Waals surface area (Å²) in [6.07, 6.45) is 4.42. The Labute approximate surface area is 192 Å². The summed E-state index contributed by atoms with van der Waals surface area (Å²) < 4.78 is 15.1. The Kier molecular flexibility index (Phi) is 6.03. The van der Waals surface area contributed by atoms with E-state index in [0.717, 1.165) is 42.3 Å². The SMILES string of the molecule is Cc1cccc(-c2ccn(-c3cc(N4CCOCC4)nc(OCCc4ccnn4C)n3)n2)c1. The monoisotopic (exact) mass is 445 g/mol. The minimum atomic E-state index is 0.337. The van der Waals surface area contributed by atoms with Gasteiger partial charge in [0, 0.05) is 56.3 Å². The Morgan fingerprint density at radius 2 is 1.88 bits per heavy atom. The van der Waals surface area contributed by atoms with Crippen LogP contribution >= 0.6 is 0 Å². The molecule has 1 aliphatic heterocycles. The van der Waals surface area contributed by atoms with E-state index in [1.165, 1.54) is 5.56 Å². The van der Waals surface area contributed by atoms with Crippen LogP contribution in [-0.2, 0) is 18.2 Å². The largest absolute Gasteiger partial charge is 0.463 e. The van der Waals surface area contributed by atoms with Crippen LogP contribution in [0.3, 0.4) is 0 Å². The number of anilines is 1. The molecule has 4 heterocycles. The van der Waals surface area contributed by atoms with E-state index in [0.29, 0.717) is 31.6 Å². The van der Waals surface area contributed by atoms with Gasteiger partial charge in [0.1, 0.15) is 5.82 Å². The Morgan fingerprint density at radius 1 is 1.03 bits per heavy atom. The molecule has 0 bridgehead atoms. The minimum absolute atomic E-state index is 0.337. The molecule has 0 saturated carbocycles. The first-order valence-corrected chi connectivity index (χ1v) is 11.1. The van der Waals surface area contributed by atoms with Crippen LogP contribution in [0.15, 0.2) is 54.9 Å². The van der Waals surface area contributed by atoms with Gasteiger partial charge in [-0.1, -0.05) is 23.8 Å². The van der Waals surface area contributed by atoms with Crippen molar-refractivity contribution in [1.29, 1.82) is 0 Å². The fourth-order valence-electron chi connectivity index (χ4n) is 3.84. The molecule has 33 heavy (non-hydrogen) atoms. The van der Waals surface area contributed by atoms with E-state index >= 15 is 0 Å². The molecule has 9 heteroatoms. The first-order chi connectivity index (χ1) is 16.2. The third-order valence-electron chi connectivity index (χ3n) is 5.66. The van der Waals surface area contributed by atoms with Crippen molar-refractivity contribution in [1.82, 2.24) is 29.5 Å². The molecular formula is C24H27N7O2. The first-order valence-electron chi connectivity index (χ1n) is 11.1. The van der Waals surface area contributed by atoms with Gasteiger partial charge in [0.2, 0.25) is 0 Å². The van der Waals surface area contributed by atoms with Crippen LogP contribution in [0.1, 0.15) is 11.3 Å². The summed E-state index contributed by atoms with van der Waals surface area (Å²) in [6, 6.07) is 14.6. The van der Waals surface area contributed by atoms with Gasteiger partial charge in [-0.25, -0.2) is 4.68 Å². The molecule has 0 radical (unpaired) electrons. The van der Waals surface area contributed by atoms with Gasteiger partial charge in [0.25, 0.3) is 0 Å². The summed E-state index contributed by atoms with van der Waals surface area (Å²) in [5.74, 6) is 1.48. The van der Waals surface area contributed by atoms with Crippen LogP contribution in [0.25, 0.3) is 17.1 Å². The number of aromatic nitrogens is 6. The van der Waals surface area contributed by atoms with E-state index in [1.54, 1.807) is 10.9 Å². The van der Waals surface area contributed by atoms with Gasteiger partial charge < -0.3 is 14.4 Å². The Morgan fingerprint density at radius 3 is 2.67 bits per heavy atom. The van der Waals surface area contributed by atoms with Gasteiger partial charge in [-0.3, -0.25) is 4.68 Å². The van der Waals surface area contributed by atoms with Crippen molar-refractivity contribution in [3.63, 3.8) is 0 Å². The molecule has 1 fully saturated rings. The number of aryl methyl sites for hydroxylation is 2. The number of hydrogen-bond acceptors (Lipinski definition) is 7. The van der Waals surface area contributed by atoms with E-state index in [4.69, 9.17) is 14.6 Å². The maximum absolute atomic E-state index is 5.97. The second-order valence-corrected chi connectivity index (χ2v) is 8.03. The van der Waals surface area contributed by atoms with Crippen LogP contribution in [-0.4, -0.2) is 62.4 Å². The highest BCUT2D eigenvalue weighted by molar-refractivity contribution is 5.60. The van der Waals surface area contributed by atoms with Crippen molar-refractivity contribution in [2.24, 2.45) is 7.05 Å². The Balaban J connectivity index is 1.42. The number of nitrogens with zero attached hydrogens (tertiary/aromatic N) is 7. The highest BCUT2D eigenvalue weighted by atomic mass is 16.5. The molecule has 0 atom stereocenters. The summed E-state index contributed by atoms with van der Waals surface area (Å²) in [7, 11) is 1.92. The van der Waals surface area contributed by atoms with Crippen molar-refractivity contribution in [2.75, 3.05) is 37.8 Å². The van der Waals surface area contributed by atoms with E-state index in [-0.39, 0.29) is 0 Å². The van der Waals surface area contributed by atoms with E-state index < -0.39 is 0 Å². The summed E-state index contributed by atoms with van der Waals surface area (Å²) in [5, 5.41) is 8.97. The average Bonchev–Trinajstić information content (AvgIpc) is 3.49. The summed E-state index contributed by atoms with van der Waals surface area (Å²) in [6.45, 7) is 5.44. The smallest absolute Gasteiger partial charge is 0.320 e. The van der Waals surface area contributed by atoms with E-state index in [1.807, 2.05) is 42.2 Å². The minimum Gasteiger partial charge on any atom is -0.463 e. The molecule has 0 amide bonds.